The third-order valence-electron chi connectivity index (χ3n) is 2.34. The Bertz CT molecular complexity index is 592. The number of ether oxygens (including phenoxy) is 1. The lowest BCUT2D eigenvalue weighted by Gasteiger charge is -2.02. The van der Waals surface area contributed by atoms with Crippen molar-refractivity contribution in [1.82, 2.24) is 9.66 Å². The molecule has 5 nitrogen and oxygen atoms in total. The SMILES string of the molecule is COc1cc(C=Nn2cc(C)nc2N)ccc1F. The zero-order valence-corrected chi connectivity index (χ0v) is 10.1. The predicted octanol–water partition coefficient (Wildman–Crippen LogP) is 1.80. The fourth-order valence-corrected chi connectivity index (χ4v) is 1.48. The lowest BCUT2D eigenvalue weighted by Crippen LogP contribution is -1.97. The number of halogens is 1. The molecule has 0 spiro atoms. The first-order valence-corrected chi connectivity index (χ1v) is 5.29. The summed E-state index contributed by atoms with van der Waals surface area (Å²) in [7, 11) is 1.41. The highest BCUT2D eigenvalue weighted by molar-refractivity contribution is 5.80. The van der Waals surface area contributed by atoms with Crippen molar-refractivity contribution in [3.63, 3.8) is 0 Å². The van der Waals surface area contributed by atoms with Crippen LogP contribution in [0.2, 0.25) is 0 Å². The van der Waals surface area contributed by atoms with Crippen molar-refractivity contribution in [3.8, 4) is 5.75 Å². The number of hydrogen-bond donors (Lipinski definition) is 1. The first kappa shape index (κ1) is 12.1. The number of methoxy groups -OCH3 is 1. The molecule has 94 valence electrons. The van der Waals surface area contributed by atoms with E-state index in [1.165, 1.54) is 17.9 Å². The first-order valence-electron chi connectivity index (χ1n) is 5.29. The summed E-state index contributed by atoms with van der Waals surface area (Å²) in [5, 5.41) is 4.13. The van der Waals surface area contributed by atoms with Crippen molar-refractivity contribution in [2.24, 2.45) is 5.10 Å². The van der Waals surface area contributed by atoms with Crippen LogP contribution in [0.25, 0.3) is 0 Å². The molecule has 1 heterocycles. The molecule has 0 saturated heterocycles. The van der Waals surface area contributed by atoms with E-state index >= 15 is 0 Å². The lowest BCUT2D eigenvalue weighted by molar-refractivity contribution is 0.386. The van der Waals surface area contributed by atoms with Gasteiger partial charge in [-0.05, 0) is 24.6 Å². The minimum absolute atomic E-state index is 0.175. The molecule has 2 N–H and O–H groups in total. The Morgan fingerprint density at radius 2 is 2.28 bits per heavy atom. The number of benzene rings is 1. The maximum Gasteiger partial charge on any atom is 0.221 e. The van der Waals surface area contributed by atoms with Gasteiger partial charge in [0.15, 0.2) is 11.6 Å². The van der Waals surface area contributed by atoms with Crippen LogP contribution in [-0.2, 0) is 0 Å². The van der Waals surface area contributed by atoms with Gasteiger partial charge in [0.2, 0.25) is 5.95 Å². The van der Waals surface area contributed by atoms with Crippen molar-refractivity contribution >= 4 is 12.2 Å². The minimum atomic E-state index is -0.410. The molecule has 18 heavy (non-hydrogen) atoms. The smallest absolute Gasteiger partial charge is 0.221 e. The maximum absolute atomic E-state index is 13.2. The summed E-state index contributed by atoms with van der Waals surface area (Å²) >= 11 is 0. The molecule has 1 aromatic heterocycles. The molecule has 0 aliphatic heterocycles. The molecule has 0 radical (unpaired) electrons. The summed E-state index contributed by atoms with van der Waals surface area (Å²) in [6.45, 7) is 1.82. The van der Waals surface area contributed by atoms with Crippen LogP contribution < -0.4 is 10.5 Å². The summed E-state index contributed by atoms with van der Waals surface area (Å²) in [5.74, 6) is 0.0687. The van der Waals surface area contributed by atoms with Gasteiger partial charge in [-0.15, -0.1) is 0 Å². The molecule has 6 heteroatoms. The Hall–Kier alpha value is -2.37. The van der Waals surface area contributed by atoms with Crippen molar-refractivity contribution in [2.45, 2.75) is 6.92 Å². The van der Waals surface area contributed by atoms with Crippen LogP contribution in [-0.4, -0.2) is 23.0 Å². The molecule has 0 atom stereocenters. The minimum Gasteiger partial charge on any atom is -0.494 e. The van der Waals surface area contributed by atoms with E-state index in [4.69, 9.17) is 10.5 Å². The summed E-state index contributed by atoms with van der Waals surface area (Å²) < 4.78 is 19.5. The zero-order chi connectivity index (χ0) is 13.1. The van der Waals surface area contributed by atoms with Crippen LogP contribution >= 0.6 is 0 Å². The van der Waals surface area contributed by atoms with E-state index in [9.17, 15) is 4.39 Å². The number of rotatable bonds is 3. The van der Waals surface area contributed by atoms with Crippen molar-refractivity contribution in [1.29, 1.82) is 0 Å². The number of nitrogens with zero attached hydrogens (tertiary/aromatic N) is 3. The lowest BCUT2D eigenvalue weighted by atomic mass is 10.2. The molecule has 2 aromatic rings. The fourth-order valence-electron chi connectivity index (χ4n) is 1.48. The monoisotopic (exact) mass is 248 g/mol. The highest BCUT2D eigenvalue weighted by Gasteiger charge is 2.02. The van der Waals surface area contributed by atoms with Crippen molar-refractivity contribution in [3.05, 3.63) is 41.5 Å². The standard InChI is InChI=1S/C12H13FN4O/c1-8-7-17(12(14)16-8)15-6-9-3-4-10(13)11(5-9)18-2/h3-7H,1-2H3,(H2,14,16). The zero-order valence-electron chi connectivity index (χ0n) is 10.1. The third-order valence-corrected chi connectivity index (χ3v) is 2.34. The Morgan fingerprint density at radius 3 is 2.89 bits per heavy atom. The van der Waals surface area contributed by atoms with Gasteiger partial charge in [0.05, 0.1) is 25.2 Å². The van der Waals surface area contributed by atoms with Gasteiger partial charge in [-0.1, -0.05) is 6.07 Å². The number of aromatic nitrogens is 2. The number of nitrogens with two attached hydrogens (primary N) is 1. The number of anilines is 1. The maximum atomic E-state index is 13.2. The van der Waals surface area contributed by atoms with E-state index in [2.05, 4.69) is 10.1 Å². The van der Waals surface area contributed by atoms with Gasteiger partial charge >= 0.3 is 0 Å². The highest BCUT2D eigenvalue weighted by Crippen LogP contribution is 2.17. The number of nitrogen functional groups attached to an aromatic ring is 1. The van der Waals surface area contributed by atoms with Gasteiger partial charge in [0.25, 0.3) is 0 Å². The third kappa shape index (κ3) is 2.48. The van der Waals surface area contributed by atoms with E-state index in [0.29, 0.717) is 11.5 Å². The topological polar surface area (TPSA) is 65.4 Å². The highest BCUT2D eigenvalue weighted by atomic mass is 19.1. The van der Waals surface area contributed by atoms with E-state index in [-0.39, 0.29) is 5.75 Å². The molecule has 1 aromatic carbocycles. The van der Waals surface area contributed by atoms with Crippen LogP contribution in [0, 0.1) is 12.7 Å². The van der Waals surface area contributed by atoms with Crippen LogP contribution in [0.3, 0.4) is 0 Å². The number of imidazole rings is 1. The van der Waals surface area contributed by atoms with Gasteiger partial charge in [-0.25, -0.2) is 14.1 Å². The van der Waals surface area contributed by atoms with Gasteiger partial charge in [0, 0.05) is 0 Å². The Labute approximate surface area is 104 Å². The predicted molar refractivity (Wildman–Crippen MR) is 67.3 cm³/mol. The Morgan fingerprint density at radius 1 is 1.50 bits per heavy atom. The summed E-state index contributed by atoms with van der Waals surface area (Å²) in [6, 6.07) is 4.48. The van der Waals surface area contributed by atoms with E-state index in [0.717, 1.165) is 5.69 Å². The van der Waals surface area contributed by atoms with E-state index in [1.807, 2.05) is 6.92 Å². The summed E-state index contributed by atoms with van der Waals surface area (Å²) in [6.07, 6.45) is 3.26. The molecule has 0 amide bonds. The van der Waals surface area contributed by atoms with Crippen LogP contribution in [0.5, 0.6) is 5.75 Å². The van der Waals surface area contributed by atoms with Gasteiger partial charge < -0.3 is 10.5 Å². The Kier molecular flexibility index (Phi) is 3.27. The van der Waals surface area contributed by atoms with Crippen molar-refractivity contribution < 1.29 is 9.13 Å². The molecule has 0 unspecified atom stereocenters. The molecule has 0 aliphatic carbocycles. The van der Waals surface area contributed by atoms with Gasteiger partial charge in [0.1, 0.15) is 0 Å². The summed E-state index contributed by atoms with van der Waals surface area (Å²) in [5.41, 5.74) is 7.13. The molecular formula is C12H13FN4O. The van der Waals surface area contributed by atoms with Gasteiger partial charge in [-0.3, -0.25) is 0 Å². The molecule has 0 bridgehead atoms. The van der Waals surface area contributed by atoms with E-state index in [1.54, 1.807) is 24.5 Å². The fraction of sp³-hybridized carbons (Fsp3) is 0.167. The largest absolute Gasteiger partial charge is 0.494 e. The van der Waals surface area contributed by atoms with Crippen LogP contribution in [0.15, 0.2) is 29.5 Å². The molecular weight excluding hydrogens is 235 g/mol. The average molecular weight is 248 g/mol. The normalized spacial score (nSPS) is 11.1. The second kappa shape index (κ2) is 4.87. The average Bonchev–Trinajstić information content (AvgIpc) is 2.67. The van der Waals surface area contributed by atoms with Crippen LogP contribution in [0.1, 0.15) is 11.3 Å². The summed E-state index contributed by atoms with van der Waals surface area (Å²) in [4.78, 5) is 4.01. The molecule has 0 saturated carbocycles. The number of hydrogen-bond acceptors (Lipinski definition) is 4. The Balaban J connectivity index is 2.26. The second-order valence-electron chi connectivity index (χ2n) is 3.72. The molecule has 2 rings (SSSR count). The quantitative estimate of drug-likeness (QED) is 0.842. The van der Waals surface area contributed by atoms with Gasteiger partial charge in [-0.2, -0.15) is 5.10 Å². The molecule has 0 fully saturated rings. The van der Waals surface area contributed by atoms with Crippen LogP contribution in [0.4, 0.5) is 10.3 Å². The second-order valence-corrected chi connectivity index (χ2v) is 3.72. The number of aryl methyl sites for hydroxylation is 1. The molecule has 0 aliphatic rings. The first-order chi connectivity index (χ1) is 8.60. The van der Waals surface area contributed by atoms with E-state index < -0.39 is 5.82 Å². The van der Waals surface area contributed by atoms with Crippen molar-refractivity contribution in [2.75, 3.05) is 12.8 Å².